The first-order valence-electron chi connectivity index (χ1n) is 8.46. The van der Waals surface area contributed by atoms with Crippen LogP contribution in [0.2, 0.25) is 0 Å². The Morgan fingerprint density at radius 2 is 1.72 bits per heavy atom. The lowest BCUT2D eigenvalue weighted by atomic mass is 10.0. The number of amides is 2. The molecule has 2 aromatic carbocycles. The van der Waals surface area contributed by atoms with Crippen LogP contribution < -0.4 is 11.1 Å². The van der Waals surface area contributed by atoms with Crippen LogP contribution in [-0.2, 0) is 9.59 Å². The average molecular weight is 339 g/mol. The molecule has 0 aliphatic heterocycles. The van der Waals surface area contributed by atoms with Gasteiger partial charge in [0.15, 0.2) is 0 Å². The van der Waals surface area contributed by atoms with E-state index in [0.717, 1.165) is 23.2 Å². The molecular formula is C20H25N3O2. The molecule has 0 spiro atoms. The number of carbonyl (C=O) groups is 2. The monoisotopic (exact) mass is 339 g/mol. The Morgan fingerprint density at radius 1 is 1.08 bits per heavy atom. The highest BCUT2D eigenvalue weighted by molar-refractivity contribution is 5.93. The first kappa shape index (κ1) is 18.7. The minimum absolute atomic E-state index is 0.102. The molecule has 0 saturated carbocycles. The predicted molar refractivity (Wildman–Crippen MR) is 100 cm³/mol. The molecule has 132 valence electrons. The second kappa shape index (κ2) is 8.99. The number of aryl methyl sites for hydroxylation is 1. The van der Waals surface area contributed by atoms with Crippen molar-refractivity contribution in [2.24, 2.45) is 5.73 Å². The maximum atomic E-state index is 12.5. The van der Waals surface area contributed by atoms with Gasteiger partial charge in [0.25, 0.3) is 0 Å². The largest absolute Gasteiger partial charge is 0.368 e. The van der Waals surface area contributed by atoms with Gasteiger partial charge in [-0.05, 0) is 37.1 Å². The highest BCUT2D eigenvalue weighted by atomic mass is 16.2. The second-order valence-corrected chi connectivity index (χ2v) is 6.05. The number of para-hydroxylation sites is 1. The van der Waals surface area contributed by atoms with Gasteiger partial charge in [-0.15, -0.1) is 0 Å². The van der Waals surface area contributed by atoms with E-state index in [-0.39, 0.29) is 12.5 Å². The van der Waals surface area contributed by atoms with E-state index in [1.807, 2.05) is 73.3 Å². The van der Waals surface area contributed by atoms with E-state index in [2.05, 4.69) is 5.32 Å². The Bertz CT molecular complexity index is 716. The van der Waals surface area contributed by atoms with Gasteiger partial charge in [0.05, 0.1) is 6.54 Å². The zero-order valence-electron chi connectivity index (χ0n) is 14.7. The fourth-order valence-corrected chi connectivity index (χ4v) is 2.86. The van der Waals surface area contributed by atoms with E-state index in [0.29, 0.717) is 6.54 Å². The normalized spacial score (nSPS) is 12.0. The van der Waals surface area contributed by atoms with Gasteiger partial charge in [-0.25, -0.2) is 0 Å². The molecule has 2 amide bonds. The van der Waals surface area contributed by atoms with Crippen LogP contribution in [0.25, 0.3) is 0 Å². The lowest BCUT2D eigenvalue weighted by Gasteiger charge is -2.29. The fourth-order valence-electron chi connectivity index (χ4n) is 2.86. The van der Waals surface area contributed by atoms with Crippen LogP contribution in [0, 0.1) is 6.92 Å². The third kappa shape index (κ3) is 5.16. The summed E-state index contributed by atoms with van der Waals surface area (Å²) >= 11 is 0. The van der Waals surface area contributed by atoms with Crippen LogP contribution in [0.5, 0.6) is 0 Å². The summed E-state index contributed by atoms with van der Waals surface area (Å²) in [4.78, 5) is 26.4. The number of rotatable bonds is 8. The summed E-state index contributed by atoms with van der Waals surface area (Å²) in [6.07, 6.45) is 0.814. The van der Waals surface area contributed by atoms with E-state index < -0.39 is 11.9 Å². The Balaban J connectivity index is 2.17. The topological polar surface area (TPSA) is 75.4 Å². The van der Waals surface area contributed by atoms with Crippen LogP contribution in [0.15, 0.2) is 54.6 Å². The molecule has 0 saturated heterocycles. The molecule has 2 rings (SSSR count). The highest BCUT2D eigenvalue weighted by Crippen LogP contribution is 2.21. The number of primary amides is 1. The minimum atomic E-state index is -0.622. The van der Waals surface area contributed by atoms with Crippen LogP contribution in [0.3, 0.4) is 0 Å². The molecule has 0 aromatic heterocycles. The van der Waals surface area contributed by atoms with E-state index in [4.69, 9.17) is 5.73 Å². The van der Waals surface area contributed by atoms with Gasteiger partial charge >= 0.3 is 0 Å². The van der Waals surface area contributed by atoms with Gasteiger partial charge in [0, 0.05) is 5.69 Å². The smallest absolute Gasteiger partial charge is 0.239 e. The first-order valence-corrected chi connectivity index (χ1v) is 8.46. The van der Waals surface area contributed by atoms with Crippen LogP contribution >= 0.6 is 0 Å². The zero-order valence-corrected chi connectivity index (χ0v) is 14.7. The zero-order chi connectivity index (χ0) is 18.2. The third-order valence-electron chi connectivity index (χ3n) is 4.03. The predicted octanol–water partition coefficient (Wildman–Crippen LogP) is 2.87. The third-order valence-corrected chi connectivity index (χ3v) is 4.03. The number of hydrogen-bond donors (Lipinski definition) is 2. The quantitative estimate of drug-likeness (QED) is 0.776. The molecule has 1 atom stereocenters. The van der Waals surface area contributed by atoms with Crippen molar-refractivity contribution in [3.05, 3.63) is 65.7 Å². The fraction of sp³-hybridized carbons (Fsp3) is 0.300. The molecule has 0 aliphatic carbocycles. The van der Waals surface area contributed by atoms with Crippen LogP contribution in [0.1, 0.15) is 30.5 Å². The van der Waals surface area contributed by atoms with Gasteiger partial charge in [0.2, 0.25) is 11.8 Å². The number of hydrogen-bond acceptors (Lipinski definition) is 3. The first-order chi connectivity index (χ1) is 12.0. The van der Waals surface area contributed by atoms with E-state index in [1.165, 1.54) is 0 Å². The Hall–Kier alpha value is -2.66. The van der Waals surface area contributed by atoms with Crippen molar-refractivity contribution >= 4 is 17.5 Å². The summed E-state index contributed by atoms with van der Waals surface area (Å²) in [7, 11) is 0. The van der Waals surface area contributed by atoms with Gasteiger partial charge in [-0.2, -0.15) is 0 Å². The highest BCUT2D eigenvalue weighted by Gasteiger charge is 2.26. The molecule has 0 aliphatic rings. The molecule has 5 heteroatoms. The van der Waals surface area contributed by atoms with Crippen LogP contribution in [0.4, 0.5) is 5.69 Å². The Labute approximate surface area is 148 Å². The van der Waals surface area contributed by atoms with Crippen molar-refractivity contribution < 1.29 is 9.59 Å². The number of anilines is 1. The number of nitrogens with zero attached hydrogens (tertiary/aromatic N) is 1. The second-order valence-electron chi connectivity index (χ2n) is 6.05. The summed E-state index contributed by atoms with van der Waals surface area (Å²) < 4.78 is 0. The van der Waals surface area contributed by atoms with Crippen molar-refractivity contribution in [2.45, 2.75) is 26.3 Å². The molecule has 1 unspecified atom stereocenters. The molecule has 0 bridgehead atoms. The van der Waals surface area contributed by atoms with E-state index in [1.54, 1.807) is 0 Å². The number of nitrogens with two attached hydrogens (primary N) is 1. The number of nitrogens with one attached hydrogen (secondary N) is 1. The van der Waals surface area contributed by atoms with Crippen molar-refractivity contribution in [1.82, 2.24) is 4.90 Å². The van der Waals surface area contributed by atoms with Crippen LogP contribution in [-0.4, -0.2) is 29.8 Å². The molecule has 25 heavy (non-hydrogen) atoms. The SMILES string of the molecule is CCCN(CC(=O)Nc1ccccc1C)C(C(N)=O)c1ccccc1. The Kier molecular flexibility index (Phi) is 6.71. The number of carbonyl (C=O) groups excluding carboxylic acids is 2. The molecule has 0 fully saturated rings. The van der Waals surface area contributed by atoms with Gasteiger partial charge < -0.3 is 11.1 Å². The van der Waals surface area contributed by atoms with Crippen molar-refractivity contribution in [1.29, 1.82) is 0 Å². The number of benzene rings is 2. The average Bonchev–Trinajstić information content (AvgIpc) is 2.58. The lowest BCUT2D eigenvalue weighted by molar-refractivity contribution is -0.125. The van der Waals surface area contributed by atoms with Crippen molar-refractivity contribution in [3.63, 3.8) is 0 Å². The van der Waals surface area contributed by atoms with Gasteiger partial charge in [-0.1, -0.05) is 55.5 Å². The summed E-state index contributed by atoms with van der Waals surface area (Å²) in [5, 5.41) is 2.91. The Morgan fingerprint density at radius 3 is 2.32 bits per heavy atom. The van der Waals surface area contributed by atoms with Gasteiger partial charge in [0.1, 0.15) is 6.04 Å². The lowest BCUT2D eigenvalue weighted by Crippen LogP contribution is -2.42. The summed E-state index contributed by atoms with van der Waals surface area (Å²) in [6, 6.07) is 16.3. The maximum Gasteiger partial charge on any atom is 0.239 e. The van der Waals surface area contributed by atoms with Crippen molar-refractivity contribution in [3.8, 4) is 0 Å². The van der Waals surface area contributed by atoms with Gasteiger partial charge in [-0.3, -0.25) is 14.5 Å². The molecule has 3 N–H and O–H groups in total. The van der Waals surface area contributed by atoms with E-state index in [9.17, 15) is 9.59 Å². The molecule has 2 aromatic rings. The van der Waals surface area contributed by atoms with E-state index >= 15 is 0 Å². The van der Waals surface area contributed by atoms with Crippen molar-refractivity contribution in [2.75, 3.05) is 18.4 Å². The summed E-state index contributed by atoms with van der Waals surface area (Å²) in [5.74, 6) is -0.617. The minimum Gasteiger partial charge on any atom is -0.368 e. The standard InChI is InChI=1S/C20H25N3O2/c1-3-13-23(19(20(21)25)16-10-5-4-6-11-16)14-18(24)22-17-12-8-7-9-15(17)2/h4-12,19H,3,13-14H2,1-2H3,(H2,21,25)(H,22,24). The molecule has 0 heterocycles. The maximum absolute atomic E-state index is 12.5. The summed E-state index contributed by atoms with van der Waals surface area (Å²) in [6.45, 7) is 4.65. The summed E-state index contributed by atoms with van der Waals surface area (Å²) in [5.41, 5.74) is 8.21. The molecular weight excluding hydrogens is 314 g/mol. The molecule has 5 nitrogen and oxygen atoms in total. The molecule has 0 radical (unpaired) electrons.